The van der Waals surface area contributed by atoms with Crippen LogP contribution in [0.25, 0.3) is 0 Å². The van der Waals surface area contributed by atoms with Crippen molar-refractivity contribution in [2.45, 2.75) is 183 Å². The second kappa shape index (κ2) is 17.0. The molecule has 6 aliphatic carbocycles. The summed E-state index contributed by atoms with van der Waals surface area (Å²) in [6.07, 6.45) is 18.0. The highest BCUT2D eigenvalue weighted by Crippen LogP contribution is 2.77. The highest BCUT2D eigenvalue weighted by atomic mass is 16.5. The molecule has 8 rings (SSSR count). The zero-order valence-corrected chi connectivity index (χ0v) is 40.2. The van der Waals surface area contributed by atoms with Crippen molar-refractivity contribution in [3.63, 3.8) is 0 Å². The largest absolute Gasteiger partial charge is 0.481 e. The third-order valence-corrected chi connectivity index (χ3v) is 20.3. The molecule has 0 aromatic heterocycles. The van der Waals surface area contributed by atoms with Gasteiger partial charge in [-0.15, -0.1) is 0 Å². The van der Waals surface area contributed by atoms with Crippen LogP contribution in [0.15, 0.2) is 42.5 Å². The second-order valence-corrected chi connectivity index (χ2v) is 24.9. The molecule has 7 fully saturated rings. The Morgan fingerprint density at radius 1 is 0.839 bits per heavy atom. The normalized spacial score (nSPS) is 41.5. The molecule has 0 bridgehead atoms. The number of carboxylic acids is 1. The Hall–Kier alpha value is -2.67. The van der Waals surface area contributed by atoms with Gasteiger partial charge in [-0.1, -0.05) is 91.0 Å². The number of rotatable bonds is 12. The maximum Gasteiger partial charge on any atom is 0.306 e. The lowest BCUT2D eigenvalue weighted by Gasteiger charge is -2.72. The standard InChI is InChI=1S/C55H84N2O5/c1-36(2)41-21-26-55(49(61)56-40-18-17-39(31-40)35-57-29-13-16-38(34-57)30-37-14-11-10-12-15-37)28-27-53(8)42(48(41)55)19-20-44-52(7)24-23-45(51(5,6)43(52)22-25-54(44,53)9)62-47(60)33-50(3,4)32-46(58)59/h10-12,14-15,38-45,48H,1,13,16-35H2,2-9H3,(H,56,61)(H,58,59)/t38?,39-,40+,41-,42+,43-,44+,45-,48+,52-,53+,54+,55-/m0/s1. The number of carboxylic acid groups (broad SMARTS) is 1. The van der Waals surface area contributed by atoms with Gasteiger partial charge in [-0.3, -0.25) is 14.4 Å². The second-order valence-electron chi connectivity index (χ2n) is 24.9. The Labute approximate surface area is 375 Å². The van der Waals surface area contributed by atoms with E-state index in [0.29, 0.717) is 47.5 Å². The molecule has 0 radical (unpaired) electrons. The Bertz CT molecular complexity index is 1840. The molecule has 1 heterocycles. The summed E-state index contributed by atoms with van der Waals surface area (Å²) in [6.45, 7) is 26.8. The summed E-state index contributed by atoms with van der Waals surface area (Å²) in [4.78, 5) is 42.7. The number of nitrogens with zero attached hydrogens (tertiary/aromatic N) is 1. The maximum atomic E-state index is 15.1. The molecule has 0 spiro atoms. The summed E-state index contributed by atoms with van der Waals surface area (Å²) in [5.74, 6) is 2.93. The molecule has 7 heteroatoms. The van der Waals surface area contributed by atoms with E-state index in [9.17, 15) is 14.7 Å². The Morgan fingerprint density at radius 2 is 1.60 bits per heavy atom. The molecule has 7 aliphatic rings. The third kappa shape index (κ3) is 8.16. The number of carbonyl (C=O) groups is 3. The number of carbonyl (C=O) groups excluding carboxylic acids is 2. The molecular formula is C55H84N2O5. The molecule has 344 valence electrons. The van der Waals surface area contributed by atoms with E-state index in [-0.39, 0.29) is 52.0 Å². The first kappa shape index (κ1) is 45.9. The molecule has 13 atom stereocenters. The van der Waals surface area contributed by atoms with Gasteiger partial charge in [-0.2, -0.15) is 0 Å². The van der Waals surface area contributed by atoms with Gasteiger partial charge >= 0.3 is 11.9 Å². The molecule has 1 saturated heterocycles. The van der Waals surface area contributed by atoms with Gasteiger partial charge in [0, 0.05) is 24.5 Å². The van der Waals surface area contributed by atoms with Gasteiger partial charge in [-0.05, 0) is 185 Å². The van der Waals surface area contributed by atoms with Crippen LogP contribution in [-0.4, -0.2) is 59.6 Å². The quantitative estimate of drug-likeness (QED) is 0.161. The molecule has 1 aromatic rings. The summed E-state index contributed by atoms with van der Waals surface area (Å²) >= 11 is 0. The summed E-state index contributed by atoms with van der Waals surface area (Å²) in [6, 6.07) is 11.3. The zero-order valence-electron chi connectivity index (χ0n) is 40.2. The third-order valence-electron chi connectivity index (χ3n) is 20.3. The summed E-state index contributed by atoms with van der Waals surface area (Å²) in [5.41, 5.74) is 2.09. The van der Waals surface area contributed by atoms with Crippen molar-refractivity contribution < 1.29 is 24.2 Å². The van der Waals surface area contributed by atoms with Gasteiger partial charge in [0.25, 0.3) is 0 Å². The molecule has 1 aromatic carbocycles. The van der Waals surface area contributed by atoms with Crippen molar-refractivity contribution in [3.8, 4) is 0 Å². The van der Waals surface area contributed by atoms with Gasteiger partial charge in [0.05, 0.1) is 18.3 Å². The van der Waals surface area contributed by atoms with Crippen molar-refractivity contribution in [2.24, 2.45) is 73.9 Å². The molecule has 1 amide bonds. The molecular weight excluding hydrogens is 769 g/mol. The van der Waals surface area contributed by atoms with Crippen molar-refractivity contribution in [1.29, 1.82) is 0 Å². The van der Waals surface area contributed by atoms with Crippen LogP contribution in [0.4, 0.5) is 0 Å². The van der Waals surface area contributed by atoms with Crippen molar-refractivity contribution in [2.75, 3.05) is 19.6 Å². The van der Waals surface area contributed by atoms with Gasteiger partial charge < -0.3 is 20.1 Å². The topological polar surface area (TPSA) is 95.9 Å². The predicted molar refractivity (Wildman–Crippen MR) is 248 cm³/mol. The van der Waals surface area contributed by atoms with Crippen LogP contribution in [0.3, 0.4) is 0 Å². The fourth-order valence-corrected chi connectivity index (χ4v) is 17.3. The molecule has 6 saturated carbocycles. The van der Waals surface area contributed by atoms with Crippen LogP contribution in [-0.2, 0) is 25.5 Å². The van der Waals surface area contributed by atoms with E-state index in [0.717, 1.165) is 63.7 Å². The van der Waals surface area contributed by atoms with E-state index in [4.69, 9.17) is 4.74 Å². The van der Waals surface area contributed by atoms with Crippen LogP contribution in [0.1, 0.15) is 170 Å². The van der Waals surface area contributed by atoms with E-state index < -0.39 is 11.4 Å². The Balaban J connectivity index is 0.937. The lowest BCUT2D eigenvalue weighted by Crippen LogP contribution is -2.67. The van der Waals surface area contributed by atoms with E-state index in [1.54, 1.807) is 0 Å². The van der Waals surface area contributed by atoms with E-state index >= 15 is 4.79 Å². The van der Waals surface area contributed by atoms with Crippen LogP contribution in [0.5, 0.6) is 0 Å². The first-order valence-corrected chi connectivity index (χ1v) is 25.3. The maximum absolute atomic E-state index is 15.1. The van der Waals surface area contributed by atoms with Crippen LogP contribution < -0.4 is 5.32 Å². The highest BCUT2D eigenvalue weighted by Gasteiger charge is 2.72. The number of ether oxygens (including phenoxy) is 1. The number of likely N-dealkylation sites (tertiary alicyclic amines) is 1. The number of hydrogen-bond donors (Lipinski definition) is 2. The van der Waals surface area contributed by atoms with E-state index in [2.05, 4.69) is 88.7 Å². The van der Waals surface area contributed by atoms with E-state index in [1.807, 2.05) is 13.8 Å². The molecule has 2 N–H and O–H groups in total. The minimum absolute atomic E-state index is 0.0483. The number of piperidine rings is 1. The Kier molecular flexibility index (Phi) is 12.5. The van der Waals surface area contributed by atoms with Gasteiger partial charge in [0.2, 0.25) is 5.91 Å². The van der Waals surface area contributed by atoms with Crippen molar-refractivity contribution >= 4 is 17.8 Å². The van der Waals surface area contributed by atoms with E-state index in [1.165, 1.54) is 75.7 Å². The minimum Gasteiger partial charge on any atom is -0.481 e. The lowest BCUT2D eigenvalue weighted by atomic mass is 9.32. The average molecular weight is 853 g/mol. The summed E-state index contributed by atoms with van der Waals surface area (Å²) in [7, 11) is 0. The molecule has 62 heavy (non-hydrogen) atoms. The van der Waals surface area contributed by atoms with Crippen LogP contribution >= 0.6 is 0 Å². The predicted octanol–water partition coefficient (Wildman–Crippen LogP) is 11.7. The first-order valence-electron chi connectivity index (χ1n) is 25.3. The molecule has 1 aliphatic heterocycles. The number of nitrogens with one attached hydrogen (secondary N) is 1. The van der Waals surface area contributed by atoms with Crippen molar-refractivity contribution in [1.82, 2.24) is 10.2 Å². The SMILES string of the molecule is C=C(C)[C@@H]1CC[C@]2(C(=O)N[C@@H]3CC[C@H](CN4CCCC(Cc5ccccc5)C4)C3)CC[C@]3(C)[C@H](CC[C@@H]4[C@@]5(C)CC[C@H](OC(=O)CC(C)(C)CC(=O)O)C(C)(C)[C@@H]5CC[C@]43C)[C@@H]12. The van der Waals surface area contributed by atoms with Crippen molar-refractivity contribution in [3.05, 3.63) is 48.0 Å². The number of fused-ring (bicyclic) bond motifs is 7. The number of benzene rings is 1. The fraction of sp³-hybridized carbons (Fsp3) is 0.800. The Morgan fingerprint density at radius 3 is 2.32 bits per heavy atom. The van der Waals surface area contributed by atoms with Gasteiger partial charge in [0.1, 0.15) is 6.10 Å². The van der Waals surface area contributed by atoms with Crippen LogP contribution in [0, 0.1) is 73.9 Å². The van der Waals surface area contributed by atoms with Gasteiger partial charge in [0.15, 0.2) is 0 Å². The molecule has 7 nitrogen and oxygen atoms in total. The number of esters is 1. The van der Waals surface area contributed by atoms with Crippen LogP contribution in [0.2, 0.25) is 0 Å². The zero-order chi connectivity index (χ0) is 44.5. The number of hydrogen-bond acceptors (Lipinski definition) is 5. The number of allylic oxidation sites excluding steroid dienone is 1. The number of aliphatic carboxylic acids is 1. The first-order chi connectivity index (χ1) is 29.2. The summed E-state index contributed by atoms with van der Waals surface area (Å²) < 4.78 is 6.33. The monoisotopic (exact) mass is 853 g/mol. The minimum atomic E-state index is -0.880. The lowest BCUT2D eigenvalue weighted by molar-refractivity contribution is -0.249. The molecule has 1 unspecified atom stereocenters. The highest BCUT2D eigenvalue weighted by molar-refractivity contribution is 5.84. The summed E-state index contributed by atoms with van der Waals surface area (Å²) in [5, 5.41) is 13.2. The average Bonchev–Trinajstić information content (AvgIpc) is 3.81. The smallest absolute Gasteiger partial charge is 0.306 e. The fourth-order valence-electron chi connectivity index (χ4n) is 17.3. The number of amides is 1. The van der Waals surface area contributed by atoms with Gasteiger partial charge in [-0.25, -0.2) is 0 Å².